The van der Waals surface area contributed by atoms with Gasteiger partial charge in [-0.2, -0.15) is 13.2 Å². The summed E-state index contributed by atoms with van der Waals surface area (Å²) in [4.78, 5) is 23.4. The Morgan fingerprint density at radius 2 is 1.56 bits per heavy atom. The smallest absolute Gasteiger partial charge is 0.325 e. The van der Waals surface area contributed by atoms with Gasteiger partial charge in [0.1, 0.15) is 5.82 Å². The Kier molecular flexibility index (Phi) is 5.99. The molecule has 8 heteroatoms. The van der Waals surface area contributed by atoms with E-state index in [1.165, 1.54) is 37.3 Å². The van der Waals surface area contributed by atoms with Gasteiger partial charge in [-0.25, -0.2) is 4.39 Å². The fraction of sp³-hybridized carbons (Fsp3) is 0.158. The first kappa shape index (κ1) is 20.2. The number of alkyl halides is 3. The van der Waals surface area contributed by atoms with E-state index in [1.807, 2.05) is 0 Å². The SMILES string of the molecule is CC(=O)Nc1ccc(C(F)(F)F)cc1NC(=O)/C=C(/C)c1ccc(F)cc1. The molecule has 0 aliphatic rings. The molecule has 0 fully saturated rings. The van der Waals surface area contributed by atoms with E-state index in [1.54, 1.807) is 6.92 Å². The first-order valence-electron chi connectivity index (χ1n) is 7.80. The molecule has 0 aromatic heterocycles. The molecule has 0 saturated heterocycles. The van der Waals surface area contributed by atoms with Gasteiger partial charge < -0.3 is 10.6 Å². The molecule has 2 N–H and O–H groups in total. The van der Waals surface area contributed by atoms with Gasteiger partial charge in [0, 0.05) is 13.0 Å². The van der Waals surface area contributed by atoms with Crippen LogP contribution >= 0.6 is 0 Å². The molecule has 27 heavy (non-hydrogen) atoms. The molecular weight excluding hydrogens is 364 g/mol. The van der Waals surface area contributed by atoms with E-state index in [0.717, 1.165) is 18.2 Å². The summed E-state index contributed by atoms with van der Waals surface area (Å²) in [6.07, 6.45) is -3.43. The zero-order chi connectivity index (χ0) is 20.2. The molecule has 0 saturated carbocycles. The van der Waals surface area contributed by atoms with Crippen LogP contribution in [0.3, 0.4) is 0 Å². The van der Waals surface area contributed by atoms with E-state index >= 15 is 0 Å². The summed E-state index contributed by atoms with van der Waals surface area (Å²) in [5, 5.41) is 4.70. The highest BCUT2D eigenvalue weighted by Gasteiger charge is 2.31. The summed E-state index contributed by atoms with van der Waals surface area (Å²) in [5.41, 5.74) is -0.0470. The maximum absolute atomic E-state index is 13.0. The van der Waals surface area contributed by atoms with Crippen LogP contribution in [0.4, 0.5) is 28.9 Å². The Morgan fingerprint density at radius 1 is 0.926 bits per heavy atom. The van der Waals surface area contributed by atoms with Crippen LogP contribution in [0, 0.1) is 5.82 Å². The summed E-state index contributed by atoms with van der Waals surface area (Å²) in [6.45, 7) is 2.80. The van der Waals surface area contributed by atoms with Crippen LogP contribution in [0.5, 0.6) is 0 Å². The molecule has 2 amide bonds. The largest absolute Gasteiger partial charge is 0.416 e. The summed E-state index contributed by atoms with van der Waals surface area (Å²) < 4.78 is 51.7. The maximum Gasteiger partial charge on any atom is 0.416 e. The first-order valence-corrected chi connectivity index (χ1v) is 7.80. The Morgan fingerprint density at radius 3 is 2.11 bits per heavy atom. The Bertz CT molecular complexity index is 888. The summed E-state index contributed by atoms with van der Waals surface area (Å²) in [7, 11) is 0. The standard InChI is InChI=1S/C19H16F4N2O2/c1-11(13-3-6-15(20)7-4-13)9-18(27)25-17-10-14(19(21,22)23)5-8-16(17)24-12(2)26/h3-10H,1-2H3,(H,24,26)(H,25,27)/b11-9-. The molecule has 0 radical (unpaired) electrons. The summed E-state index contributed by atoms with van der Waals surface area (Å²) in [5.74, 6) is -1.62. The molecule has 2 rings (SSSR count). The second-order valence-electron chi connectivity index (χ2n) is 5.76. The van der Waals surface area contributed by atoms with Crippen molar-refractivity contribution in [1.82, 2.24) is 0 Å². The topological polar surface area (TPSA) is 58.2 Å². The number of rotatable bonds is 4. The van der Waals surface area contributed by atoms with E-state index in [0.29, 0.717) is 11.1 Å². The van der Waals surface area contributed by atoms with Crippen molar-refractivity contribution >= 4 is 28.8 Å². The number of benzene rings is 2. The van der Waals surface area contributed by atoms with Crippen molar-refractivity contribution in [2.24, 2.45) is 0 Å². The third-order valence-corrected chi connectivity index (χ3v) is 3.56. The van der Waals surface area contributed by atoms with Gasteiger partial charge in [-0.3, -0.25) is 9.59 Å². The highest BCUT2D eigenvalue weighted by molar-refractivity contribution is 6.06. The fourth-order valence-electron chi connectivity index (χ4n) is 2.28. The van der Waals surface area contributed by atoms with Gasteiger partial charge in [0.15, 0.2) is 0 Å². The van der Waals surface area contributed by atoms with Gasteiger partial charge in [0.05, 0.1) is 16.9 Å². The van der Waals surface area contributed by atoms with Crippen molar-refractivity contribution in [2.45, 2.75) is 20.0 Å². The number of halogens is 4. The Hall–Kier alpha value is -3.16. The lowest BCUT2D eigenvalue weighted by Crippen LogP contribution is -2.15. The first-order chi connectivity index (χ1) is 12.6. The third kappa shape index (κ3) is 5.67. The van der Waals surface area contributed by atoms with E-state index in [-0.39, 0.29) is 11.4 Å². The van der Waals surface area contributed by atoms with Gasteiger partial charge in [-0.05, 0) is 48.4 Å². The van der Waals surface area contributed by atoms with E-state index in [9.17, 15) is 27.2 Å². The van der Waals surface area contributed by atoms with E-state index in [4.69, 9.17) is 0 Å². The van der Waals surface area contributed by atoms with Crippen molar-refractivity contribution in [3.05, 3.63) is 65.5 Å². The number of amides is 2. The minimum Gasteiger partial charge on any atom is -0.325 e. The molecule has 2 aromatic rings. The predicted octanol–water partition coefficient (Wildman–Crippen LogP) is 4.84. The quantitative estimate of drug-likeness (QED) is 0.589. The normalized spacial score (nSPS) is 11.9. The zero-order valence-corrected chi connectivity index (χ0v) is 14.4. The molecule has 0 heterocycles. The zero-order valence-electron chi connectivity index (χ0n) is 14.4. The molecule has 142 valence electrons. The van der Waals surface area contributed by atoms with Gasteiger partial charge in [-0.1, -0.05) is 12.1 Å². The predicted molar refractivity (Wildman–Crippen MR) is 94.4 cm³/mol. The van der Waals surface area contributed by atoms with Gasteiger partial charge in [0.2, 0.25) is 11.8 Å². The van der Waals surface area contributed by atoms with Crippen LogP contribution in [0.25, 0.3) is 5.57 Å². The average Bonchev–Trinajstić information content (AvgIpc) is 2.55. The average molecular weight is 380 g/mol. The number of hydrogen-bond acceptors (Lipinski definition) is 2. The highest BCUT2D eigenvalue weighted by atomic mass is 19.4. The molecule has 0 bridgehead atoms. The Labute approximate surface area is 152 Å². The molecule has 0 unspecified atom stereocenters. The second-order valence-corrected chi connectivity index (χ2v) is 5.76. The monoisotopic (exact) mass is 380 g/mol. The number of hydrogen-bond donors (Lipinski definition) is 2. The van der Waals surface area contributed by atoms with Gasteiger partial charge in [0.25, 0.3) is 0 Å². The minimum absolute atomic E-state index is 0.0386. The second kappa shape index (κ2) is 8.03. The number of allylic oxidation sites excluding steroid dienone is 1. The summed E-state index contributed by atoms with van der Waals surface area (Å²) in [6, 6.07) is 8.02. The van der Waals surface area contributed by atoms with Crippen LogP contribution in [-0.4, -0.2) is 11.8 Å². The number of carbonyl (C=O) groups is 2. The number of nitrogens with one attached hydrogen (secondary N) is 2. The van der Waals surface area contributed by atoms with E-state index < -0.39 is 29.4 Å². The third-order valence-electron chi connectivity index (χ3n) is 3.56. The Balaban J connectivity index is 2.30. The molecule has 0 atom stereocenters. The van der Waals surface area contributed by atoms with Crippen molar-refractivity contribution in [2.75, 3.05) is 10.6 Å². The molecule has 0 aliphatic heterocycles. The van der Waals surface area contributed by atoms with Crippen LogP contribution in [0.15, 0.2) is 48.5 Å². The molecule has 4 nitrogen and oxygen atoms in total. The fourth-order valence-corrected chi connectivity index (χ4v) is 2.28. The molecule has 2 aromatic carbocycles. The number of carbonyl (C=O) groups excluding carboxylic acids is 2. The number of anilines is 2. The lowest BCUT2D eigenvalue weighted by Gasteiger charge is -2.14. The molecule has 0 spiro atoms. The minimum atomic E-state index is -4.60. The van der Waals surface area contributed by atoms with E-state index in [2.05, 4.69) is 10.6 Å². The van der Waals surface area contributed by atoms with Crippen LogP contribution in [0.2, 0.25) is 0 Å². The van der Waals surface area contributed by atoms with Gasteiger partial charge in [-0.15, -0.1) is 0 Å². The van der Waals surface area contributed by atoms with Crippen molar-refractivity contribution in [3.8, 4) is 0 Å². The van der Waals surface area contributed by atoms with Crippen molar-refractivity contribution in [3.63, 3.8) is 0 Å². The van der Waals surface area contributed by atoms with Crippen molar-refractivity contribution in [1.29, 1.82) is 0 Å². The lowest BCUT2D eigenvalue weighted by molar-refractivity contribution is -0.137. The van der Waals surface area contributed by atoms with Crippen LogP contribution < -0.4 is 10.6 Å². The van der Waals surface area contributed by atoms with Crippen molar-refractivity contribution < 1.29 is 27.2 Å². The highest BCUT2D eigenvalue weighted by Crippen LogP contribution is 2.34. The molecular formula is C19H16F4N2O2. The molecule has 0 aliphatic carbocycles. The summed E-state index contributed by atoms with van der Waals surface area (Å²) >= 11 is 0. The lowest BCUT2D eigenvalue weighted by atomic mass is 10.1. The van der Waals surface area contributed by atoms with Crippen LogP contribution in [0.1, 0.15) is 25.0 Å². The van der Waals surface area contributed by atoms with Crippen LogP contribution in [-0.2, 0) is 15.8 Å². The maximum atomic E-state index is 13.0. The van der Waals surface area contributed by atoms with Gasteiger partial charge >= 0.3 is 6.18 Å².